The van der Waals surface area contributed by atoms with Crippen LogP contribution in [0.1, 0.15) is 19.7 Å². The summed E-state index contributed by atoms with van der Waals surface area (Å²) in [5, 5.41) is 9.36. The summed E-state index contributed by atoms with van der Waals surface area (Å²) in [7, 11) is 2.85. The van der Waals surface area contributed by atoms with E-state index in [9.17, 15) is 19.5 Å². The molecule has 0 aliphatic heterocycles. The number of rotatable bonds is 2. The highest BCUT2D eigenvalue weighted by molar-refractivity contribution is 5.80. The Bertz CT molecular complexity index is 838. The Morgan fingerprint density at radius 3 is 2.25 bits per heavy atom. The number of imidazole rings is 1. The van der Waals surface area contributed by atoms with Gasteiger partial charge in [0.15, 0.2) is 11.2 Å². The zero-order valence-electron chi connectivity index (χ0n) is 12.0. The summed E-state index contributed by atoms with van der Waals surface area (Å²) < 4.78 is 3.59. The van der Waals surface area contributed by atoms with Gasteiger partial charge in [0.1, 0.15) is 11.4 Å². The van der Waals surface area contributed by atoms with E-state index in [0.717, 1.165) is 4.57 Å². The SMILES string of the molecule is Cc1nc2c(=O)n(C)c(=O)n(C)c2n1C(C)(C)C(=O)O. The summed E-state index contributed by atoms with van der Waals surface area (Å²) >= 11 is 0. The predicted octanol–water partition coefficient (Wildman–Crippen LogP) is -0.438. The first-order valence-corrected chi connectivity index (χ1v) is 5.99. The Labute approximate surface area is 113 Å². The summed E-state index contributed by atoms with van der Waals surface area (Å²) in [6.07, 6.45) is 0. The lowest BCUT2D eigenvalue weighted by Gasteiger charge is -2.24. The molecule has 0 aromatic carbocycles. The molecule has 2 rings (SSSR count). The van der Waals surface area contributed by atoms with E-state index in [1.165, 1.54) is 37.1 Å². The predicted molar refractivity (Wildman–Crippen MR) is 71.9 cm³/mol. The van der Waals surface area contributed by atoms with Gasteiger partial charge in [-0.2, -0.15) is 0 Å². The highest BCUT2D eigenvalue weighted by Crippen LogP contribution is 2.23. The molecule has 0 bridgehead atoms. The first-order valence-electron chi connectivity index (χ1n) is 5.99. The van der Waals surface area contributed by atoms with E-state index in [2.05, 4.69) is 4.98 Å². The molecule has 0 aliphatic rings. The Morgan fingerprint density at radius 1 is 1.20 bits per heavy atom. The van der Waals surface area contributed by atoms with Crippen LogP contribution in [0, 0.1) is 6.92 Å². The second kappa shape index (κ2) is 4.06. The minimum absolute atomic E-state index is 0.0847. The molecular weight excluding hydrogens is 264 g/mol. The molecule has 108 valence electrons. The first-order chi connectivity index (χ1) is 9.10. The van der Waals surface area contributed by atoms with Gasteiger partial charge in [-0.15, -0.1) is 0 Å². The van der Waals surface area contributed by atoms with Crippen LogP contribution in [0.2, 0.25) is 0 Å². The second-order valence-electron chi connectivity index (χ2n) is 5.24. The van der Waals surface area contributed by atoms with Crippen LogP contribution in [-0.2, 0) is 24.4 Å². The zero-order chi connectivity index (χ0) is 15.4. The molecule has 0 saturated carbocycles. The molecule has 0 saturated heterocycles. The van der Waals surface area contributed by atoms with Crippen molar-refractivity contribution >= 4 is 17.1 Å². The van der Waals surface area contributed by atoms with Gasteiger partial charge in [-0.1, -0.05) is 0 Å². The third-order valence-corrected chi connectivity index (χ3v) is 3.50. The maximum absolute atomic E-state index is 12.1. The van der Waals surface area contributed by atoms with Gasteiger partial charge in [-0.05, 0) is 20.8 Å². The molecule has 0 radical (unpaired) electrons. The lowest BCUT2D eigenvalue weighted by atomic mass is 10.1. The van der Waals surface area contributed by atoms with E-state index in [1.807, 2.05) is 0 Å². The molecule has 1 N–H and O–H groups in total. The average Bonchev–Trinajstić information content (AvgIpc) is 2.71. The smallest absolute Gasteiger partial charge is 0.332 e. The molecule has 0 spiro atoms. The summed E-state index contributed by atoms with van der Waals surface area (Å²) in [5.41, 5.74) is -2.09. The molecule has 8 nitrogen and oxygen atoms in total. The molecule has 20 heavy (non-hydrogen) atoms. The largest absolute Gasteiger partial charge is 0.480 e. The molecule has 0 fully saturated rings. The third-order valence-electron chi connectivity index (χ3n) is 3.50. The Morgan fingerprint density at radius 2 is 1.75 bits per heavy atom. The van der Waals surface area contributed by atoms with Gasteiger partial charge < -0.3 is 5.11 Å². The normalized spacial score (nSPS) is 12.1. The molecule has 0 amide bonds. The molecule has 8 heteroatoms. The van der Waals surface area contributed by atoms with Crippen molar-refractivity contribution in [3.05, 3.63) is 26.7 Å². The number of aliphatic carboxylic acids is 1. The number of fused-ring (bicyclic) bond motifs is 1. The number of nitrogens with zero attached hydrogens (tertiary/aromatic N) is 4. The lowest BCUT2D eigenvalue weighted by Crippen LogP contribution is -2.41. The average molecular weight is 280 g/mol. The van der Waals surface area contributed by atoms with Crippen LogP contribution in [0.3, 0.4) is 0 Å². The van der Waals surface area contributed by atoms with Crippen LogP contribution in [0.25, 0.3) is 11.2 Å². The van der Waals surface area contributed by atoms with Crippen molar-refractivity contribution in [2.45, 2.75) is 26.3 Å². The van der Waals surface area contributed by atoms with Crippen LogP contribution in [-0.4, -0.2) is 29.8 Å². The Hall–Kier alpha value is -2.38. The number of aromatic nitrogens is 4. The van der Waals surface area contributed by atoms with Crippen molar-refractivity contribution in [1.82, 2.24) is 18.7 Å². The zero-order valence-corrected chi connectivity index (χ0v) is 12.0. The Kier molecular flexibility index (Phi) is 2.85. The van der Waals surface area contributed by atoms with Crippen molar-refractivity contribution in [3.63, 3.8) is 0 Å². The molecule has 0 atom stereocenters. The van der Waals surface area contributed by atoms with Crippen molar-refractivity contribution < 1.29 is 9.90 Å². The minimum atomic E-state index is -1.32. The molecular formula is C12H16N4O4. The van der Waals surface area contributed by atoms with Crippen LogP contribution < -0.4 is 11.2 Å². The number of carboxylic acids is 1. The summed E-state index contributed by atoms with van der Waals surface area (Å²) in [4.78, 5) is 39.7. The van der Waals surface area contributed by atoms with Crippen molar-refractivity contribution in [3.8, 4) is 0 Å². The summed E-state index contributed by atoms with van der Waals surface area (Å²) in [5.74, 6) is -0.710. The van der Waals surface area contributed by atoms with Crippen LogP contribution >= 0.6 is 0 Å². The van der Waals surface area contributed by atoms with Crippen molar-refractivity contribution in [2.75, 3.05) is 0 Å². The van der Waals surface area contributed by atoms with Gasteiger partial charge >= 0.3 is 11.7 Å². The van der Waals surface area contributed by atoms with E-state index in [1.54, 1.807) is 6.92 Å². The molecule has 2 heterocycles. The van der Waals surface area contributed by atoms with E-state index < -0.39 is 22.8 Å². The maximum Gasteiger partial charge on any atom is 0.332 e. The molecule has 2 aromatic heterocycles. The van der Waals surface area contributed by atoms with Crippen LogP contribution in [0.15, 0.2) is 9.59 Å². The fourth-order valence-electron chi connectivity index (χ4n) is 2.30. The molecule has 2 aromatic rings. The number of hydrogen-bond donors (Lipinski definition) is 1. The van der Waals surface area contributed by atoms with Crippen LogP contribution in [0.5, 0.6) is 0 Å². The topological polar surface area (TPSA) is 99.1 Å². The molecule has 0 unspecified atom stereocenters. The third kappa shape index (κ3) is 1.60. The number of aryl methyl sites for hydroxylation is 2. The van der Waals surface area contributed by atoms with Gasteiger partial charge in [0.25, 0.3) is 5.56 Å². The van der Waals surface area contributed by atoms with Gasteiger partial charge in [-0.25, -0.2) is 14.6 Å². The monoisotopic (exact) mass is 280 g/mol. The number of carbonyl (C=O) groups is 1. The highest BCUT2D eigenvalue weighted by atomic mass is 16.4. The van der Waals surface area contributed by atoms with E-state index in [0.29, 0.717) is 5.82 Å². The van der Waals surface area contributed by atoms with Gasteiger partial charge in [-0.3, -0.25) is 18.5 Å². The Balaban J connectivity index is 3.11. The molecule has 0 aliphatic carbocycles. The quantitative estimate of drug-likeness (QED) is 0.804. The van der Waals surface area contributed by atoms with E-state index >= 15 is 0 Å². The van der Waals surface area contributed by atoms with Gasteiger partial charge in [0.2, 0.25) is 0 Å². The lowest BCUT2D eigenvalue weighted by molar-refractivity contribution is -0.145. The van der Waals surface area contributed by atoms with E-state index in [-0.39, 0.29) is 11.2 Å². The fraction of sp³-hybridized carbons (Fsp3) is 0.500. The minimum Gasteiger partial charge on any atom is -0.480 e. The maximum atomic E-state index is 12.1. The fourth-order valence-corrected chi connectivity index (χ4v) is 2.30. The summed E-state index contributed by atoms with van der Waals surface area (Å²) in [6.45, 7) is 4.59. The van der Waals surface area contributed by atoms with E-state index in [4.69, 9.17) is 0 Å². The highest BCUT2D eigenvalue weighted by Gasteiger charge is 2.34. The number of hydrogen-bond acceptors (Lipinski definition) is 4. The standard InChI is InChI=1S/C12H16N4O4/c1-6-13-7-8(16(6)12(2,3)10(18)19)14(4)11(20)15(5)9(7)17/h1-5H3,(H,18,19). The van der Waals surface area contributed by atoms with Gasteiger partial charge in [0.05, 0.1) is 0 Å². The number of carboxylic acid groups (broad SMARTS) is 1. The van der Waals surface area contributed by atoms with Crippen LogP contribution in [0.4, 0.5) is 0 Å². The second-order valence-corrected chi connectivity index (χ2v) is 5.24. The van der Waals surface area contributed by atoms with Crippen molar-refractivity contribution in [1.29, 1.82) is 0 Å². The first kappa shape index (κ1) is 14.0. The van der Waals surface area contributed by atoms with Gasteiger partial charge in [0, 0.05) is 14.1 Å². The van der Waals surface area contributed by atoms with Crippen molar-refractivity contribution in [2.24, 2.45) is 14.1 Å². The summed E-state index contributed by atoms with van der Waals surface area (Å²) in [6, 6.07) is 0.